The van der Waals surface area contributed by atoms with Crippen LogP contribution in [0.4, 0.5) is 0 Å². The van der Waals surface area contributed by atoms with E-state index in [0.29, 0.717) is 5.82 Å². The molecule has 0 aliphatic heterocycles. The molecule has 3 nitrogen and oxygen atoms in total. The SMILES string of the molecule is Cc1n[c]ncn1. The lowest BCUT2D eigenvalue weighted by Crippen LogP contribution is -1.85. The van der Waals surface area contributed by atoms with Gasteiger partial charge in [0.05, 0.1) is 0 Å². The van der Waals surface area contributed by atoms with E-state index >= 15 is 0 Å². The molecule has 1 rings (SSSR count). The zero-order chi connectivity index (χ0) is 5.11. The van der Waals surface area contributed by atoms with Crippen molar-refractivity contribution in [2.45, 2.75) is 6.92 Å². The largest absolute Gasteiger partial charge is 0.222 e. The highest BCUT2D eigenvalue weighted by atomic mass is 15.0. The van der Waals surface area contributed by atoms with Crippen molar-refractivity contribution in [1.82, 2.24) is 15.0 Å². The predicted octanol–water partition coefficient (Wildman–Crippen LogP) is -0.0198. The van der Waals surface area contributed by atoms with E-state index in [1.54, 1.807) is 6.92 Å². The van der Waals surface area contributed by atoms with Crippen LogP contribution < -0.4 is 0 Å². The zero-order valence-electron chi connectivity index (χ0n) is 3.92. The lowest BCUT2D eigenvalue weighted by atomic mass is 10.7. The third-order valence-corrected chi connectivity index (χ3v) is 0.572. The van der Waals surface area contributed by atoms with Crippen LogP contribution in [0.3, 0.4) is 0 Å². The first kappa shape index (κ1) is 4.18. The monoisotopic (exact) mass is 94.0 g/mol. The van der Waals surface area contributed by atoms with Gasteiger partial charge >= 0.3 is 0 Å². The highest BCUT2D eigenvalue weighted by Crippen LogP contribution is 1.73. The van der Waals surface area contributed by atoms with E-state index in [-0.39, 0.29) is 0 Å². The molecular formula is C4H4N3. The summed E-state index contributed by atoms with van der Waals surface area (Å²) in [6.07, 6.45) is 3.82. The Morgan fingerprint density at radius 2 is 2.57 bits per heavy atom. The minimum Gasteiger partial charge on any atom is -0.222 e. The first-order valence-corrected chi connectivity index (χ1v) is 1.91. The lowest BCUT2D eigenvalue weighted by molar-refractivity contribution is 0.964. The average Bonchev–Trinajstić information content (AvgIpc) is 1.69. The molecule has 0 unspecified atom stereocenters. The number of aryl methyl sites for hydroxylation is 1. The van der Waals surface area contributed by atoms with Crippen LogP contribution in [0.2, 0.25) is 0 Å². The summed E-state index contributed by atoms with van der Waals surface area (Å²) in [5.41, 5.74) is 0. The number of aromatic nitrogens is 3. The van der Waals surface area contributed by atoms with Crippen LogP contribution >= 0.6 is 0 Å². The van der Waals surface area contributed by atoms with E-state index in [0.717, 1.165) is 0 Å². The Labute approximate surface area is 41.5 Å². The number of hydrogen-bond acceptors (Lipinski definition) is 3. The Bertz CT molecular complexity index is 137. The van der Waals surface area contributed by atoms with Crippen molar-refractivity contribution >= 4 is 0 Å². The summed E-state index contributed by atoms with van der Waals surface area (Å²) in [7, 11) is 0. The van der Waals surface area contributed by atoms with Gasteiger partial charge in [0.2, 0.25) is 6.33 Å². The van der Waals surface area contributed by atoms with Crippen LogP contribution in [0, 0.1) is 13.3 Å². The van der Waals surface area contributed by atoms with Gasteiger partial charge in [0.15, 0.2) is 0 Å². The van der Waals surface area contributed by atoms with Crippen LogP contribution in [0.15, 0.2) is 6.33 Å². The van der Waals surface area contributed by atoms with Gasteiger partial charge in [-0.15, -0.1) is 0 Å². The second kappa shape index (κ2) is 1.64. The van der Waals surface area contributed by atoms with Crippen molar-refractivity contribution in [2.75, 3.05) is 0 Å². The fourth-order valence-corrected chi connectivity index (χ4v) is 0.268. The van der Waals surface area contributed by atoms with E-state index in [4.69, 9.17) is 0 Å². The highest BCUT2D eigenvalue weighted by molar-refractivity contribution is 4.72. The summed E-state index contributed by atoms with van der Waals surface area (Å²) in [6, 6.07) is 0. The molecule has 0 spiro atoms. The molecule has 0 bridgehead atoms. The second-order valence-corrected chi connectivity index (χ2v) is 1.13. The summed E-state index contributed by atoms with van der Waals surface area (Å²) in [5, 5.41) is 0. The third-order valence-electron chi connectivity index (χ3n) is 0.572. The van der Waals surface area contributed by atoms with Gasteiger partial charge in [-0.3, -0.25) is 0 Å². The highest BCUT2D eigenvalue weighted by Gasteiger charge is 1.76. The van der Waals surface area contributed by atoms with Crippen LogP contribution in [-0.2, 0) is 0 Å². The molecule has 0 saturated carbocycles. The maximum Gasteiger partial charge on any atom is 0.201 e. The smallest absolute Gasteiger partial charge is 0.201 e. The van der Waals surface area contributed by atoms with Gasteiger partial charge in [-0.2, -0.15) is 0 Å². The van der Waals surface area contributed by atoms with E-state index in [9.17, 15) is 0 Å². The molecule has 1 aromatic heterocycles. The predicted molar refractivity (Wildman–Crippen MR) is 23.4 cm³/mol. The molecule has 0 aliphatic rings. The van der Waals surface area contributed by atoms with E-state index < -0.39 is 0 Å². The van der Waals surface area contributed by atoms with Crippen LogP contribution in [0.1, 0.15) is 5.82 Å². The van der Waals surface area contributed by atoms with Gasteiger partial charge in [-0.1, -0.05) is 0 Å². The van der Waals surface area contributed by atoms with E-state index in [1.165, 1.54) is 6.33 Å². The molecule has 0 amide bonds. The van der Waals surface area contributed by atoms with E-state index in [2.05, 4.69) is 21.3 Å². The van der Waals surface area contributed by atoms with Gasteiger partial charge in [-0.25, -0.2) is 15.0 Å². The summed E-state index contributed by atoms with van der Waals surface area (Å²) < 4.78 is 0. The molecule has 35 valence electrons. The summed E-state index contributed by atoms with van der Waals surface area (Å²) in [6.45, 7) is 1.79. The lowest BCUT2D eigenvalue weighted by Gasteiger charge is -1.79. The maximum absolute atomic E-state index is 3.73. The summed E-state index contributed by atoms with van der Waals surface area (Å²) in [5.74, 6) is 0.704. The Balaban J connectivity index is 3.02. The Morgan fingerprint density at radius 1 is 1.71 bits per heavy atom. The minimum absolute atomic E-state index is 0.704. The molecule has 0 saturated heterocycles. The topological polar surface area (TPSA) is 38.7 Å². The first-order chi connectivity index (χ1) is 3.39. The fraction of sp³-hybridized carbons (Fsp3) is 0.250. The molecule has 1 aromatic rings. The molecule has 0 aromatic carbocycles. The molecule has 1 radical (unpaired) electrons. The Morgan fingerprint density at radius 3 is 2.86 bits per heavy atom. The van der Waals surface area contributed by atoms with E-state index in [1.807, 2.05) is 0 Å². The van der Waals surface area contributed by atoms with Crippen molar-refractivity contribution in [2.24, 2.45) is 0 Å². The molecule has 7 heavy (non-hydrogen) atoms. The molecule has 0 fully saturated rings. The number of rotatable bonds is 0. The Hall–Kier alpha value is -0.990. The normalized spacial score (nSPS) is 8.71. The van der Waals surface area contributed by atoms with Gasteiger partial charge < -0.3 is 0 Å². The average molecular weight is 94.1 g/mol. The Kier molecular flexibility index (Phi) is 0.978. The third kappa shape index (κ3) is 0.924. The van der Waals surface area contributed by atoms with Crippen molar-refractivity contribution in [3.8, 4) is 0 Å². The zero-order valence-corrected chi connectivity index (χ0v) is 3.92. The quantitative estimate of drug-likeness (QED) is 0.453. The molecular weight excluding hydrogens is 90.1 g/mol. The maximum atomic E-state index is 3.73. The number of nitrogens with zero attached hydrogens (tertiary/aromatic N) is 3. The molecule has 1 heterocycles. The van der Waals surface area contributed by atoms with Crippen molar-refractivity contribution in [1.29, 1.82) is 0 Å². The van der Waals surface area contributed by atoms with Gasteiger partial charge in [0.25, 0.3) is 0 Å². The number of hydrogen-bond donors (Lipinski definition) is 0. The molecule has 0 aliphatic carbocycles. The van der Waals surface area contributed by atoms with Crippen molar-refractivity contribution in [3.05, 3.63) is 18.5 Å². The van der Waals surface area contributed by atoms with Crippen LogP contribution in [0.5, 0.6) is 0 Å². The standard InChI is InChI=1S/C4H4N3/c1-4-6-2-5-3-7-4/h2H,1H3. The van der Waals surface area contributed by atoms with Crippen LogP contribution in [-0.4, -0.2) is 15.0 Å². The van der Waals surface area contributed by atoms with Gasteiger partial charge in [0.1, 0.15) is 12.2 Å². The molecule has 0 atom stereocenters. The molecule has 3 heteroatoms. The second-order valence-electron chi connectivity index (χ2n) is 1.13. The van der Waals surface area contributed by atoms with Crippen LogP contribution in [0.25, 0.3) is 0 Å². The minimum atomic E-state index is 0.704. The van der Waals surface area contributed by atoms with Gasteiger partial charge in [-0.05, 0) is 6.92 Å². The summed E-state index contributed by atoms with van der Waals surface area (Å²) in [4.78, 5) is 10.9. The molecule has 0 N–H and O–H groups in total. The summed E-state index contributed by atoms with van der Waals surface area (Å²) >= 11 is 0. The fourth-order valence-electron chi connectivity index (χ4n) is 0.268. The first-order valence-electron chi connectivity index (χ1n) is 1.91. The van der Waals surface area contributed by atoms with Crippen molar-refractivity contribution in [3.63, 3.8) is 0 Å². The van der Waals surface area contributed by atoms with Crippen molar-refractivity contribution < 1.29 is 0 Å². The van der Waals surface area contributed by atoms with Gasteiger partial charge in [0, 0.05) is 0 Å².